The molecule has 0 aromatic carbocycles. The first-order valence-electron chi connectivity index (χ1n) is 5.88. The maximum atomic E-state index is 12.2. The van der Waals surface area contributed by atoms with Gasteiger partial charge in [-0.15, -0.1) is 11.3 Å². The average Bonchev–Trinajstić information content (AvgIpc) is 2.90. The fourth-order valence-electron chi connectivity index (χ4n) is 2.04. The van der Waals surface area contributed by atoms with Crippen LogP contribution in [0.25, 0.3) is 0 Å². The summed E-state index contributed by atoms with van der Waals surface area (Å²) in [5.74, 6) is 0.593. The molecule has 1 saturated carbocycles. The molecule has 0 atom stereocenters. The number of hydrogen-bond acceptors (Lipinski definition) is 3. The topological polar surface area (TPSA) is 32.3 Å². The molecule has 1 aromatic heterocycles. The van der Waals surface area contributed by atoms with Crippen LogP contribution >= 0.6 is 11.3 Å². The van der Waals surface area contributed by atoms with Gasteiger partial charge in [0, 0.05) is 24.0 Å². The molecule has 1 N–H and O–H groups in total. The monoisotopic (exact) mass is 236 g/mol. The Morgan fingerprint density at radius 1 is 1.50 bits per heavy atom. The molecule has 1 aliphatic heterocycles. The molecule has 0 radical (unpaired) electrons. The summed E-state index contributed by atoms with van der Waals surface area (Å²) in [7, 11) is 0. The average molecular weight is 236 g/mol. The van der Waals surface area contributed by atoms with Crippen LogP contribution in [0.1, 0.15) is 17.7 Å². The molecule has 2 fully saturated rings. The van der Waals surface area contributed by atoms with Crippen molar-refractivity contribution in [3.63, 3.8) is 0 Å². The third kappa shape index (κ3) is 1.99. The maximum absolute atomic E-state index is 12.2. The number of nitrogens with one attached hydrogen (secondary N) is 1. The van der Waals surface area contributed by atoms with Crippen molar-refractivity contribution in [3.8, 4) is 0 Å². The summed E-state index contributed by atoms with van der Waals surface area (Å²) in [5.41, 5.74) is 0. The largest absolute Gasteiger partial charge is 0.334 e. The minimum Gasteiger partial charge on any atom is -0.334 e. The van der Waals surface area contributed by atoms with Crippen LogP contribution in [-0.2, 0) is 11.3 Å². The van der Waals surface area contributed by atoms with Gasteiger partial charge in [-0.2, -0.15) is 0 Å². The lowest BCUT2D eigenvalue weighted by atomic mass is 10.0. The molecule has 0 bridgehead atoms. The number of rotatable bonds is 4. The molecular formula is C12H16N2OS. The Kier molecular flexibility index (Phi) is 2.69. The molecule has 2 heterocycles. The Bertz CT molecular complexity index is 368. The van der Waals surface area contributed by atoms with Gasteiger partial charge in [0.1, 0.15) is 0 Å². The zero-order valence-corrected chi connectivity index (χ0v) is 10.0. The minimum atomic E-state index is 0.237. The van der Waals surface area contributed by atoms with Crippen molar-refractivity contribution in [1.82, 2.24) is 10.2 Å². The highest BCUT2D eigenvalue weighted by Gasteiger charge is 2.37. The van der Waals surface area contributed by atoms with E-state index in [1.54, 1.807) is 11.3 Å². The summed E-state index contributed by atoms with van der Waals surface area (Å²) in [4.78, 5) is 15.6. The maximum Gasteiger partial charge on any atom is 0.228 e. The zero-order valence-electron chi connectivity index (χ0n) is 9.19. The Balaban J connectivity index is 1.68. The fraction of sp³-hybridized carbons (Fsp3) is 0.583. The molecule has 1 aliphatic carbocycles. The van der Waals surface area contributed by atoms with Gasteiger partial charge < -0.3 is 10.2 Å². The van der Waals surface area contributed by atoms with E-state index in [9.17, 15) is 4.79 Å². The van der Waals surface area contributed by atoms with E-state index < -0.39 is 0 Å². The van der Waals surface area contributed by atoms with Crippen LogP contribution in [-0.4, -0.2) is 29.9 Å². The van der Waals surface area contributed by atoms with Crippen molar-refractivity contribution in [2.45, 2.75) is 25.4 Å². The lowest BCUT2D eigenvalue weighted by Crippen LogP contribution is -2.52. The van der Waals surface area contributed by atoms with Crippen LogP contribution in [0.4, 0.5) is 0 Å². The first-order chi connectivity index (χ1) is 7.84. The molecule has 4 heteroatoms. The molecule has 1 saturated heterocycles. The van der Waals surface area contributed by atoms with E-state index in [2.05, 4.69) is 27.7 Å². The Morgan fingerprint density at radius 3 is 2.81 bits per heavy atom. The number of nitrogens with zero attached hydrogens (tertiary/aromatic N) is 1. The van der Waals surface area contributed by atoms with Crippen LogP contribution in [0.2, 0.25) is 0 Å². The standard InChI is InChI=1S/C12H16N2OS/c15-12(9-6-13-7-9)14(10-3-4-10)8-11-2-1-5-16-11/h1-2,5,9-10,13H,3-4,6-8H2. The molecule has 3 nitrogen and oxygen atoms in total. The summed E-state index contributed by atoms with van der Waals surface area (Å²) < 4.78 is 0. The van der Waals surface area contributed by atoms with Crippen molar-refractivity contribution in [1.29, 1.82) is 0 Å². The fourth-order valence-corrected chi connectivity index (χ4v) is 2.74. The molecule has 16 heavy (non-hydrogen) atoms. The second-order valence-electron chi connectivity index (χ2n) is 4.63. The van der Waals surface area contributed by atoms with Gasteiger partial charge in [0.05, 0.1) is 12.5 Å². The van der Waals surface area contributed by atoms with E-state index in [-0.39, 0.29) is 5.92 Å². The normalized spacial score (nSPS) is 20.5. The first-order valence-corrected chi connectivity index (χ1v) is 6.76. The molecule has 86 valence electrons. The molecule has 1 aromatic rings. The highest BCUT2D eigenvalue weighted by molar-refractivity contribution is 7.09. The molecular weight excluding hydrogens is 220 g/mol. The summed E-state index contributed by atoms with van der Waals surface area (Å²) in [6.45, 7) is 2.55. The van der Waals surface area contributed by atoms with Gasteiger partial charge in [-0.05, 0) is 24.3 Å². The Labute approximate surface area is 99.5 Å². The first kappa shape index (κ1) is 10.3. The van der Waals surface area contributed by atoms with E-state index in [4.69, 9.17) is 0 Å². The van der Waals surface area contributed by atoms with E-state index in [0.717, 1.165) is 19.6 Å². The van der Waals surface area contributed by atoms with Gasteiger partial charge in [-0.3, -0.25) is 4.79 Å². The Hall–Kier alpha value is -0.870. The number of amides is 1. The number of thiophene rings is 1. The highest BCUT2D eigenvalue weighted by Crippen LogP contribution is 2.30. The third-order valence-electron chi connectivity index (χ3n) is 3.31. The van der Waals surface area contributed by atoms with Crippen molar-refractivity contribution >= 4 is 17.2 Å². The van der Waals surface area contributed by atoms with Crippen molar-refractivity contribution < 1.29 is 4.79 Å². The van der Waals surface area contributed by atoms with E-state index in [0.29, 0.717) is 11.9 Å². The van der Waals surface area contributed by atoms with E-state index in [1.165, 1.54) is 17.7 Å². The summed E-state index contributed by atoms with van der Waals surface area (Å²) in [6, 6.07) is 4.70. The summed E-state index contributed by atoms with van der Waals surface area (Å²) in [5, 5.41) is 5.25. The highest BCUT2D eigenvalue weighted by atomic mass is 32.1. The third-order valence-corrected chi connectivity index (χ3v) is 4.17. The Morgan fingerprint density at radius 2 is 2.31 bits per heavy atom. The molecule has 0 spiro atoms. The van der Waals surface area contributed by atoms with Gasteiger partial charge in [0.15, 0.2) is 0 Å². The zero-order chi connectivity index (χ0) is 11.0. The summed E-state index contributed by atoms with van der Waals surface area (Å²) in [6.07, 6.45) is 2.38. The van der Waals surface area contributed by atoms with Crippen LogP contribution in [0.3, 0.4) is 0 Å². The molecule has 2 aliphatic rings. The van der Waals surface area contributed by atoms with Crippen molar-refractivity contribution in [2.75, 3.05) is 13.1 Å². The van der Waals surface area contributed by atoms with Crippen molar-refractivity contribution in [3.05, 3.63) is 22.4 Å². The van der Waals surface area contributed by atoms with Crippen LogP contribution < -0.4 is 5.32 Å². The lowest BCUT2D eigenvalue weighted by molar-refractivity contribution is -0.138. The second-order valence-corrected chi connectivity index (χ2v) is 5.66. The van der Waals surface area contributed by atoms with Gasteiger partial charge in [-0.1, -0.05) is 6.07 Å². The van der Waals surface area contributed by atoms with Gasteiger partial charge in [0.25, 0.3) is 0 Å². The molecule has 0 unspecified atom stereocenters. The second kappa shape index (κ2) is 4.18. The van der Waals surface area contributed by atoms with E-state index in [1.807, 2.05) is 0 Å². The summed E-state index contributed by atoms with van der Waals surface area (Å²) >= 11 is 1.74. The van der Waals surface area contributed by atoms with E-state index >= 15 is 0 Å². The number of carbonyl (C=O) groups excluding carboxylic acids is 1. The SMILES string of the molecule is O=C(C1CNC1)N(Cc1cccs1)C1CC1. The van der Waals surface area contributed by atoms with Gasteiger partial charge in [-0.25, -0.2) is 0 Å². The lowest BCUT2D eigenvalue weighted by Gasteiger charge is -2.32. The van der Waals surface area contributed by atoms with Crippen LogP contribution in [0.5, 0.6) is 0 Å². The van der Waals surface area contributed by atoms with Crippen LogP contribution in [0.15, 0.2) is 17.5 Å². The quantitative estimate of drug-likeness (QED) is 0.858. The molecule has 1 amide bonds. The predicted molar refractivity (Wildman–Crippen MR) is 64.3 cm³/mol. The number of hydrogen-bond donors (Lipinski definition) is 1. The van der Waals surface area contributed by atoms with Gasteiger partial charge >= 0.3 is 0 Å². The van der Waals surface area contributed by atoms with Gasteiger partial charge in [0.2, 0.25) is 5.91 Å². The minimum absolute atomic E-state index is 0.237. The van der Waals surface area contributed by atoms with Crippen LogP contribution in [0, 0.1) is 5.92 Å². The molecule has 3 rings (SSSR count). The predicted octanol–water partition coefficient (Wildman–Crippen LogP) is 1.46. The number of carbonyl (C=O) groups is 1. The van der Waals surface area contributed by atoms with Crippen molar-refractivity contribution in [2.24, 2.45) is 5.92 Å². The smallest absolute Gasteiger partial charge is 0.228 e.